The molecule has 0 fully saturated rings. The molecule has 0 radical (unpaired) electrons. The van der Waals surface area contributed by atoms with Crippen molar-refractivity contribution in [1.29, 1.82) is 0 Å². The van der Waals surface area contributed by atoms with E-state index >= 15 is 0 Å². The molecule has 4 nitrogen and oxygen atoms in total. The van der Waals surface area contributed by atoms with E-state index < -0.39 is 0 Å². The van der Waals surface area contributed by atoms with Crippen molar-refractivity contribution in [2.24, 2.45) is 0 Å². The predicted octanol–water partition coefficient (Wildman–Crippen LogP) is 2.29. The van der Waals surface area contributed by atoms with Gasteiger partial charge in [-0.15, -0.1) is 0 Å². The van der Waals surface area contributed by atoms with Gasteiger partial charge >= 0.3 is 0 Å². The molecule has 0 saturated carbocycles. The molecule has 0 aliphatic rings. The predicted molar refractivity (Wildman–Crippen MR) is 58.5 cm³/mol. The Morgan fingerprint density at radius 3 is 2.13 bits per heavy atom. The van der Waals surface area contributed by atoms with E-state index in [2.05, 4.69) is 24.0 Å². The fraction of sp³-hybridized carbons (Fsp3) is 0.455. The molecule has 2 aromatic rings. The fourth-order valence-electron chi connectivity index (χ4n) is 1.92. The summed E-state index contributed by atoms with van der Waals surface area (Å²) in [5.74, 6) is 0. The SMILES string of the molecule is CCC(C(C)n1cccn1)n1cccn1. The maximum Gasteiger partial charge on any atom is 0.0737 e. The van der Waals surface area contributed by atoms with Gasteiger partial charge in [0, 0.05) is 24.8 Å². The fourth-order valence-corrected chi connectivity index (χ4v) is 1.92. The molecule has 2 atom stereocenters. The molecule has 2 aromatic heterocycles. The summed E-state index contributed by atoms with van der Waals surface area (Å²) >= 11 is 0. The van der Waals surface area contributed by atoms with Crippen LogP contribution in [0.1, 0.15) is 32.4 Å². The molecule has 0 N–H and O–H groups in total. The van der Waals surface area contributed by atoms with Crippen LogP contribution in [0.3, 0.4) is 0 Å². The summed E-state index contributed by atoms with van der Waals surface area (Å²) in [6.07, 6.45) is 8.68. The molecule has 0 amide bonds. The van der Waals surface area contributed by atoms with Crippen LogP contribution in [0.4, 0.5) is 0 Å². The van der Waals surface area contributed by atoms with E-state index in [1.165, 1.54) is 0 Å². The molecule has 0 saturated heterocycles. The lowest BCUT2D eigenvalue weighted by molar-refractivity contribution is 0.295. The van der Waals surface area contributed by atoms with E-state index in [9.17, 15) is 0 Å². The van der Waals surface area contributed by atoms with Crippen LogP contribution in [0.25, 0.3) is 0 Å². The van der Waals surface area contributed by atoms with Gasteiger partial charge in [0.15, 0.2) is 0 Å². The highest BCUT2D eigenvalue weighted by Gasteiger charge is 2.18. The summed E-state index contributed by atoms with van der Waals surface area (Å²) in [4.78, 5) is 0. The van der Waals surface area contributed by atoms with Gasteiger partial charge in [0.1, 0.15) is 0 Å². The number of nitrogens with zero attached hydrogens (tertiary/aromatic N) is 4. The molecule has 80 valence electrons. The maximum absolute atomic E-state index is 4.29. The molecular formula is C11H16N4. The summed E-state index contributed by atoms with van der Waals surface area (Å²) in [5, 5.41) is 8.56. The summed E-state index contributed by atoms with van der Waals surface area (Å²) < 4.78 is 3.99. The third-order valence-electron chi connectivity index (χ3n) is 2.78. The van der Waals surface area contributed by atoms with Crippen molar-refractivity contribution < 1.29 is 0 Å². The average molecular weight is 204 g/mol. The van der Waals surface area contributed by atoms with Crippen LogP contribution in [0, 0.1) is 0 Å². The van der Waals surface area contributed by atoms with Gasteiger partial charge in [0.2, 0.25) is 0 Å². The van der Waals surface area contributed by atoms with Crippen LogP contribution in [-0.4, -0.2) is 19.6 Å². The van der Waals surface area contributed by atoms with Gasteiger partial charge in [-0.3, -0.25) is 9.36 Å². The number of aromatic nitrogens is 4. The first-order valence-electron chi connectivity index (χ1n) is 5.31. The van der Waals surface area contributed by atoms with Crippen molar-refractivity contribution in [1.82, 2.24) is 19.6 Å². The lowest BCUT2D eigenvalue weighted by atomic mass is 10.1. The Labute approximate surface area is 89.5 Å². The standard InChI is InChI=1S/C11H16N4/c1-3-11(15-9-5-7-13-15)10(2)14-8-4-6-12-14/h4-11H,3H2,1-2H3. The Morgan fingerprint density at radius 2 is 1.67 bits per heavy atom. The van der Waals surface area contributed by atoms with E-state index in [-0.39, 0.29) is 0 Å². The van der Waals surface area contributed by atoms with Crippen molar-refractivity contribution in [2.75, 3.05) is 0 Å². The monoisotopic (exact) mass is 204 g/mol. The number of rotatable bonds is 4. The van der Waals surface area contributed by atoms with Gasteiger partial charge in [-0.1, -0.05) is 6.92 Å². The molecule has 0 aliphatic heterocycles. The van der Waals surface area contributed by atoms with E-state index in [0.717, 1.165) is 6.42 Å². The first kappa shape index (κ1) is 9.96. The van der Waals surface area contributed by atoms with E-state index in [4.69, 9.17) is 0 Å². The van der Waals surface area contributed by atoms with Gasteiger partial charge in [-0.25, -0.2) is 0 Å². The molecular weight excluding hydrogens is 188 g/mol. The van der Waals surface area contributed by atoms with E-state index in [1.807, 2.05) is 46.3 Å². The maximum atomic E-state index is 4.29. The highest BCUT2D eigenvalue weighted by Crippen LogP contribution is 2.24. The van der Waals surface area contributed by atoms with E-state index in [0.29, 0.717) is 12.1 Å². The minimum Gasteiger partial charge on any atom is -0.268 e. The minimum atomic E-state index is 0.324. The number of hydrogen-bond acceptors (Lipinski definition) is 2. The molecule has 2 rings (SSSR count). The van der Waals surface area contributed by atoms with Crippen molar-refractivity contribution in [3.63, 3.8) is 0 Å². The third-order valence-corrected chi connectivity index (χ3v) is 2.78. The Hall–Kier alpha value is -1.58. The molecule has 15 heavy (non-hydrogen) atoms. The molecule has 0 spiro atoms. The molecule has 0 aromatic carbocycles. The van der Waals surface area contributed by atoms with Gasteiger partial charge in [0.05, 0.1) is 12.1 Å². The van der Waals surface area contributed by atoms with Crippen molar-refractivity contribution in [3.8, 4) is 0 Å². The number of hydrogen-bond donors (Lipinski definition) is 0. The molecule has 0 aliphatic carbocycles. The zero-order valence-corrected chi connectivity index (χ0v) is 9.11. The normalized spacial score (nSPS) is 15.1. The van der Waals surface area contributed by atoms with Crippen molar-refractivity contribution in [2.45, 2.75) is 32.4 Å². The van der Waals surface area contributed by atoms with Crippen LogP contribution in [0.5, 0.6) is 0 Å². The minimum absolute atomic E-state index is 0.324. The summed E-state index contributed by atoms with van der Waals surface area (Å²) in [5.41, 5.74) is 0. The zero-order chi connectivity index (χ0) is 10.7. The molecule has 2 unspecified atom stereocenters. The molecule has 2 heterocycles. The van der Waals surface area contributed by atoms with Gasteiger partial charge < -0.3 is 0 Å². The second-order valence-corrected chi connectivity index (χ2v) is 3.69. The third kappa shape index (κ3) is 1.93. The highest BCUT2D eigenvalue weighted by molar-refractivity contribution is 4.87. The van der Waals surface area contributed by atoms with E-state index in [1.54, 1.807) is 0 Å². The lowest BCUT2D eigenvalue weighted by Gasteiger charge is -2.23. The topological polar surface area (TPSA) is 35.6 Å². The van der Waals surface area contributed by atoms with Gasteiger partial charge in [-0.05, 0) is 25.5 Å². The molecule has 4 heteroatoms. The summed E-state index contributed by atoms with van der Waals surface area (Å²) in [7, 11) is 0. The lowest BCUT2D eigenvalue weighted by Crippen LogP contribution is -2.21. The van der Waals surface area contributed by atoms with Crippen LogP contribution in [0.2, 0.25) is 0 Å². The van der Waals surface area contributed by atoms with Crippen LogP contribution >= 0.6 is 0 Å². The largest absolute Gasteiger partial charge is 0.268 e. The average Bonchev–Trinajstić information content (AvgIpc) is 2.91. The Bertz CT molecular complexity index is 377. The van der Waals surface area contributed by atoms with Crippen LogP contribution in [0.15, 0.2) is 36.9 Å². The Morgan fingerprint density at radius 1 is 1.07 bits per heavy atom. The van der Waals surface area contributed by atoms with Crippen molar-refractivity contribution in [3.05, 3.63) is 36.9 Å². The van der Waals surface area contributed by atoms with Gasteiger partial charge in [-0.2, -0.15) is 10.2 Å². The second kappa shape index (κ2) is 4.29. The summed E-state index contributed by atoms with van der Waals surface area (Å²) in [6, 6.07) is 4.59. The van der Waals surface area contributed by atoms with Crippen molar-refractivity contribution >= 4 is 0 Å². The zero-order valence-electron chi connectivity index (χ0n) is 9.11. The summed E-state index contributed by atoms with van der Waals surface area (Å²) in [6.45, 7) is 4.34. The first-order chi connectivity index (χ1) is 7.33. The second-order valence-electron chi connectivity index (χ2n) is 3.69. The first-order valence-corrected chi connectivity index (χ1v) is 5.31. The highest BCUT2D eigenvalue weighted by atomic mass is 15.3. The smallest absolute Gasteiger partial charge is 0.0737 e. The van der Waals surface area contributed by atoms with Gasteiger partial charge in [0.25, 0.3) is 0 Å². The quantitative estimate of drug-likeness (QED) is 0.766. The molecule has 0 bridgehead atoms. The Balaban J connectivity index is 2.21. The Kier molecular flexibility index (Phi) is 2.85. The van der Waals surface area contributed by atoms with Crippen LogP contribution < -0.4 is 0 Å². The van der Waals surface area contributed by atoms with Crippen LogP contribution in [-0.2, 0) is 0 Å².